The number of hydrogen-bond acceptors (Lipinski definition) is 4. The Balaban J connectivity index is 2.01. The van der Waals surface area contributed by atoms with Crippen molar-refractivity contribution in [3.63, 3.8) is 0 Å². The van der Waals surface area contributed by atoms with Crippen LogP contribution in [0.5, 0.6) is 0 Å². The summed E-state index contributed by atoms with van der Waals surface area (Å²) in [5.74, 6) is 1.06. The molecule has 2 rings (SSSR count). The van der Waals surface area contributed by atoms with Crippen LogP contribution in [0.2, 0.25) is 0 Å². The van der Waals surface area contributed by atoms with Crippen LogP contribution in [-0.4, -0.2) is 30.6 Å². The van der Waals surface area contributed by atoms with Crippen molar-refractivity contribution in [3.8, 4) is 0 Å². The summed E-state index contributed by atoms with van der Waals surface area (Å²) >= 11 is 0. The lowest BCUT2D eigenvalue weighted by molar-refractivity contribution is 0.511. The van der Waals surface area contributed by atoms with Gasteiger partial charge in [-0.25, -0.2) is 18.1 Å². The highest BCUT2D eigenvalue weighted by atomic mass is 32.2. The smallest absolute Gasteiger partial charge is 0.259 e. The Kier molecular flexibility index (Phi) is 4.27. The molecule has 0 bridgehead atoms. The molecule has 1 aromatic rings. The van der Waals surface area contributed by atoms with E-state index in [0.717, 1.165) is 19.3 Å². The molecule has 0 amide bonds. The van der Waals surface area contributed by atoms with Gasteiger partial charge in [-0.3, -0.25) is 0 Å². The summed E-state index contributed by atoms with van der Waals surface area (Å²) in [4.78, 5) is 4.10. The highest BCUT2D eigenvalue weighted by molar-refractivity contribution is 7.89. The van der Waals surface area contributed by atoms with Crippen molar-refractivity contribution < 1.29 is 8.42 Å². The molecule has 1 heterocycles. The van der Waals surface area contributed by atoms with Crippen molar-refractivity contribution in [2.75, 3.05) is 6.54 Å². The van der Waals surface area contributed by atoms with Crippen molar-refractivity contribution in [2.24, 2.45) is 11.7 Å². The van der Waals surface area contributed by atoms with Crippen LogP contribution in [0, 0.1) is 12.8 Å². The molecule has 0 radical (unpaired) electrons. The maximum Gasteiger partial charge on any atom is 0.259 e. The van der Waals surface area contributed by atoms with Gasteiger partial charge in [-0.05, 0) is 39.0 Å². The van der Waals surface area contributed by atoms with Crippen LogP contribution in [0.3, 0.4) is 0 Å². The first kappa shape index (κ1) is 14.5. The van der Waals surface area contributed by atoms with Crippen molar-refractivity contribution in [1.29, 1.82) is 0 Å². The fourth-order valence-corrected chi connectivity index (χ4v) is 3.65. The molecule has 0 aromatic carbocycles. The predicted molar refractivity (Wildman–Crippen MR) is 73.1 cm³/mol. The normalized spacial score (nSPS) is 23.9. The van der Waals surface area contributed by atoms with Gasteiger partial charge < -0.3 is 10.3 Å². The van der Waals surface area contributed by atoms with E-state index in [-0.39, 0.29) is 11.1 Å². The number of rotatable bonds is 5. The molecule has 0 saturated heterocycles. The number of nitrogens with two attached hydrogens (primary N) is 1. The van der Waals surface area contributed by atoms with E-state index in [1.165, 1.54) is 0 Å². The van der Waals surface area contributed by atoms with Gasteiger partial charge >= 0.3 is 0 Å². The maximum atomic E-state index is 12.1. The molecule has 19 heavy (non-hydrogen) atoms. The largest absolute Gasteiger partial charge is 0.334 e. The first-order valence-corrected chi connectivity index (χ1v) is 8.19. The number of aryl methyl sites for hydroxylation is 2. The van der Waals surface area contributed by atoms with E-state index in [0.29, 0.717) is 24.8 Å². The summed E-state index contributed by atoms with van der Waals surface area (Å²) in [5.41, 5.74) is 5.82. The quantitative estimate of drug-likeness (QED) is 0.830. The molecule has 6 nitrogen and oxygen atoms in total. The van der Waals surface area contributed by atoms with Crippen molar-refractivity contribution >= 4 is 10.0 Å². The Hall–Kier alpha value is -0.920. The van der Waals surface area contributed by atoms with Crippen LogP contribution < -0.4 is 10.5 Å². The highest BCUT2D eigenvalue weighted by Gasteiger charge is 2.25. The maximum absolute atomic E-state index is 12.1. The standard InChI is InChI=1S/C12H22N4O2S/c1-3-16-8-12(15-9(16)2)19(17,18)14-7-10-4-5-11(13)6-10/h8,10-11,14H,3-7,13H2,1-2H3. The second-order valence-electron chi connectivity index (χ2n) is 5.20. The minimum absolute atomic E-state index is 0.106. The number of hydrogen-bond donors (Lipinski definition) is 2. The zero-order valence-corrected chi connectivity index (χ0v) is 12.3. The number of nitrogens with one attached hydrogen (secondary N) is 1. The fourth-order valence-electron chi connectivity index (χ4n) is 2.53. The summed E-state index contributed by atoms with van der Waals surface area (Å²) < 4.78 is 28.7. The molecule has 1 aromatic heterocycles. The van der Waals surface area contributed by atoms with Crippen LogP contribution in [0.15, 0.2) is 11.2 Å². The number of imidazole rings is 1. The lowest BCUT2D eigenvalue weighted by Crippen LogP contribution is -2.29. The highest BCUT2D eigenvalue weighted by Crippen LogP contribution is 2.23. The molecule has 108 valence electrons. The molecule has 1 fully saturated rings. The molecule has 2 atom stereocenters. The van der Waals surface area contributed by atoms with E-state index in [9.17, 15) is 8.42 Å². The Morgan fingerprint density at radius 1 is 1.53 bits per heavy atom. The molecule has 1 aliphatic rings. The van der Waals surface area contributed by atoms with Gasteiger partial charge in [0.1, 0.15) is 5.82 Å². The monoisotopic (exact) mass is 286 g/mol. The van der Waals surface area contributed by atoms with Crippen LogP contribution >= 0.6 is 0 Å². The van der Waals surface area contributed by atoms with Gasteiger partial charge in [0.25, 0.3) is 10.0 Å². The molecular weight excluding hydrogens is 264 g/mol. The van der Waals surface area contributed by atoms with Gasteiger partial charge in [-0.15, -0.1) is 0 Å². The molecule has 2 unspecified atom stereocenters. The Morgan fingerprint density at radius 2 is 2.26 bits per heavy atom. The minimum atomic E-state index is -3.50. The van der Waals surface area contributed by atoms with E-state index in [1.54, 1.807) is 13.1 Å². The van der Waals surface area contributed by atoms with E-state index >= 15 is 0 Å². The average molecular weight is 286 g/mol. The summed E-state index contributed by atoms with van der Waals surface area (Å²) in [5, 5.41) is 0.106. The summed E-state index contributed by atoms with van der Waals surface area (Å²) in [6.07, 6.45) is 4.45. The third-order valence-electron chi connectivity index (χ3n) is 3.71. The van der Waals surface area contributed by atoms with Crippen molar-refractivity contribution in [1.82, 2.24) is 14.3 Å². The Bertz CT molecular complexity index is 538. The lowest BCUT2D eigenvalue weighted by atomic mass is 10.1. The van der Waals surface area contributed by atoms with E-state index < -0.39 is 10.0 Å². The number of nitrogens with zero attached hydrogens (tertiary/aromatic N) is 2. The molecule has 1 saturated carbocycles. The van der Waals surface area contributed by atoms with Crippen LogP contribution in [-0.2, 0) is 16.6 Å². The molecule has 0 spiro atoms. The number of sulfonamides is 1. The zero-order valence-electron chi connectivity index (χ0n) is 11.5. The fraction of sp³-hybridized carbons (Fsp3) is 0.750. The topological polar surface area (TPSA) is 90.0 Å². The van der Waals surface area contributed by atoms with Gasteiger partial charge in [0.15, 0.2) is 5.03 Å². The van der Waals surface area contributed by atoms with Crippen molar-refractivity contribution in [3.05, 3.63) is 12.0 Å². The Morgan fingerprint density at radius 3 is 2.79 bits per heavy atom. The second kappa shape index (κ2) is 5.60. The van der Waals surface area contributed by atoms with Gasteiger partial charge in [0, 0.05) is 25.3 Å². The molecule has 0 aliphatic heterocycles. The van der Waals surface area contributed by atoms with Gasteiger partial charge in [0.05, 0.1) is 0 Å². The van der Waals surface area contributed by atoms with Gasteiger partial charge in [0.2, 0.25) is 0 Å². The van der Waals surface area contributed by atoms with Crippen LogP contribution in [0.4, 0.5) is 0 Å². The third kappa shape index (κ3) is 3.34. The minimum Gasteiger partial charge on any atom is -0.334 e. The first-order chi connectivity index (χ1) is 8.92. The summed E-state index contributed by atoms with van der Waals surface area (Å²) in [6.45, 7) is 4.93. The van der Waals surface area contributed by atoms with E-state index in [2.05, 4.69) is 9.71 Å². The Labute approximate surface area is 114 Å². The average Bonchev–Trinajstić information content (AvgIpc) is 2.93. The van der Waals surface area contributed by atoms with Crippen LogP contribution in [0.25, 0.3) is 0 Å². The van der Waals surface area contributed by atoms with Crippen molar-refractivity contribution in [2.45, 2.75) is 50.7 Å². The molecule has 7 heteroatoms. The zero-order chi connectivity index (χ0) is 14.0. The SMILES string of the molecule is CCn1cc(S(=O)(=O)NCC2CCC(N)C2)nc1C. The van der Waals surface area contributed by atoms with Gasteiger partial charge in [-0.1, -0.05) is 0 Å². The molecule has 1 aliphatic carbocycles. The van der Waals surface area contributed by atoms with Crippen LogP contribution in [0.1, 0.15) is 32.0 Å². The third-order valence-corrected chi connectivity index (χ3v) is 5.01. The number of aromatic nitrogens is 2. The second-order valence-corrected chi connectivity index (χ2v) is 6.92. The molecule has 3 N–H and O–H groups in total. The molecular formula is C12H22N4O2S. The predicted octanol–water partition coefficient (Wildman–Crippen LogP) is 0.617. The summed E-state index contributed by atoms with van der Waals surface area (Å²) in [6, 6.07) is 0.219. The van der Waals surface area contributed by atoms with E-state index in [4.69, 9.17) is 5.73 Å². The summed E-state index contributed by atoms with van der Waals surface area (Å²) in [7, 11) is -3.50. The van der Waals surface area contributed by atoms with Gasteiger partial charge in [-0.2, -0.15) is 0 Å². The lowest BCUT2D eigenvalue weighted by Gasteiger charge is -2.10. The first-order valence-electron chi connectivity index (χ1n) is 6.71. The van der Waals surface area contributed by atoms with E-state index in [1.807, 2.05) is 11.5 Å².